The van der Waals surface area contributed by atoms with Crippen molar-refractivity contribution in [1.82, 2.24) is 4.90 Å². The lowest BCUT2D eigenvalue weighted by Gasteiger charge is -2.22. The number of amidine groups is 1. The Balaban J connectivity index is 2.59. The molecule has 0 aromatic heterocycles. The number of hydrogen-bond acceptors (Lipinski definition) is 1. The highest BCUT2D eigenvalue weighted by atomic mass is 15.2. The number of aliphatic imine (C=N–C) groups is 1. The van der Waals surface area contributed by atoms with Gasteiger partial charge >= 0.3 is 0 Å². The summed E-state index contributed by atoms with van der Waals surface area (Å²) in [5, 5.41) is 0. The summed E-state index contributed by atoms with van der Waals surface area (Å²) in [7, 11) is 1.88. The second-order valence-electron chi connectivity index (χ2n) is 3.03. The third-order valence-corrected chi connectivity index (χ3v) is 2.01. The van der Waals surface area contributed by atoms with E-state index in [0.29, 0.717) is 6.04 Å². The fraction of sp³-hybridized carbons (Fsp3) is 0.875. The minimum absolute atomic E-state index is 0.626. The zero-order chi connectivity index (χ0) is 7.56. The average molecular weight is 140 g/mol. The molecule has 1 heterocycles. The maximum Gasteiger partial charge on any atom is 0.0988 e. The molecule has 10 heavy (non-hydrogen) atoms. The Morgan fingerprint density at radius 3 is 2.60 bits per heavy atom. The van der Waals surface area contributed by atoms with E-state index in [2.05, 4.69) is 23.7 Å². The largest absolute Gasteiger partial charge is 0.358 e. The van der Waals surface area contributed by atoms with Crippen molar-refractivity contribution in [3.63, 3.8) is 0 Å². The smallest absolute Gasteiger partial charge is 0.0988 e. The minimum atomic E-state index is 0.626. The first-order valence-corrected chi connectivity index (χ1v) is 3.98. The van der Waals surface area contributed by atoms with E-state index in [1.165, 1.54) is 25.2 Å². The number of likely N-dealkylation sites (tertiary alicyclic amines) is 1. The molecule has 0 aromatic carbocycles. The summed E-state index contributed by atoms with van der Waals surface area (Å²) in [6.07, 6.45) is 2.46. The Bertz CT molecular complexity index is 138. The molecule has 0 radical (unpaired) electrons. The van der Waals surface area contributed by atoms with Gasteiger partial charge in [0.25, 0.3) is 0 Å². The first-order valence-electron chi connectivity index (χ1n) is 3.98. The molecule has 0 bridgehead atoms. The number of rotatable bonds is 1. The summed E-state index contributed by atoms with van der Waals surface area (Å²) < 4.78 is 0. The standard InChI is InChI=1S/C8H16N2/c1-7(2)10-6-4-5-8(10)9-3/h7H,4-6H2,1-3H3/b9-8-. The highest BCUT2D eigenvalue weighted by Crippen LogP contribution is 2.13. The van der Waals surface area contributed by atoms with Crippen molar-refractivity contribution in [3.05, 3.63) is 0 Å². The van der Waals surface area contributed by atoms with E-state index in [1.807, 2.05) is 7.05 Å². The minimum Gasteiger partial charge on any atom is -0.358 e. The molecule has 0 aliphatic carbocycles. The first-order chi connectivity index (χ1) is 4.75. The van der Waals surface area contributed by atoms with Crippen LogP contribution >= 0.6 is 0 Å². The van der Waals surface area contributed by atoms with Crippen LogP contribution in [0.1, 0.15) is 26.7 Å². The Labute approximate surface area is 62.9 Å². The van der Waals surface area contributed by atoms with Crippen LogP contribution < -0.4 is 0 Å². The molecule has 1 aliphatic heterocycles. The molecule has 58 valence electrons. The molecule has 0 atom stereocenters. The predicted molar refractivity (Wildman–Crippen MR) is 44.4 cm³/mol. The fourth-order valence-electron chi connectivity index (χ4n) is 1.48. The van der Waals surface area contributed by atoms with Gasteiger partial charge in [-0.3, -0.25) is 4.99 Å². The van der Waals surface area contributed by atoms with Crippen LogP contribution in [0.4, 0.5) is 0 Å². The molecule has 0 N–H and O–H groups in total. The molecule has 0 spiro atoms. The zero-order valence-corrected chi connectivity index (χ0v) is 7.09. The summed E-state index contributed by atoms with van der Waals surface area (Å²) in [5.74, 6) is 1.29. The highest BCUT2D eigenvalue weighted by Gasteiger charge is 2.19. The molecular formula is C8H16N2. The SMILES string of the molecule is C/N=C1/CCCN1C(C)C. The summed E-state index contributed by atoms with van der Waals surface area (Å²) in [6.45, 7) is 5.64. The van der Waals surface area contributed by atoms with Crippen molar-refractivity contribution in [2.75, 3.05) is 13.6 Å². The van der Waals surface area contributed by atoms with Crippen LogP contribution in [0.5, 0.6) is 0 Å². The van der Waals surface area contributed by atoms with E-state index in [1.54, 1.807) is 0 Å². The van der Waals surface area contributed by atoms with Gasteiger partial charge in [-0.15, -0.1) is 0 Å². The molecule has 0 unspecified atom stereocenters. The third-order valence-electron chi connectivity index (χ3n) is 2.01. The molecule has 1 rings (SSSR count). The molecule has 0 aromatic rings. The van der Waals surface area contributed by atoms with Crippen molar-refractivity contribution in [2.24, 2.45) is 4.99 Å². The van der Waals surface area contributed by atoms with Gasteiger partial charge in [-0.1, -0.05) is 0 Å². The van der Waals surface area contributed by atoms with Crippen LogP contribution in [0, 0.1) is 0 Å². The second-order valence-corrected chi connectivity index (χ2v) is 3.03. The van der Waals surface area contributed by atoms with E-state index < -0.39 is 0 Å². The van der Waals surface area contributed by atoms with Crippen LogP contribution in [0.3, 0.4) is 0 Å². The maximum absolute atomic E-state index is 4.23. The fourth-order valence-corrected chi connectivity index (χ4v) is 1.48. The van der Waals surface area contributed by atoms with Crippen LogP contribution in [-0.2, 0) is 0 Å². The van der Waals surface area contributed by atoms with Crippen molar-refractivity contribution in [3.8, 4) is 0 Å². The Morgan fingerprint density at radius 1 is 1.50 bits per heavy atom. The van der Waals surface area contributed by atoms with E-state index in [4.69, 9.17) is 0 Å². The van der Waals surface area contributed by atoms with Crippen LogP contribution in [0.2, 0.25) is 0 Å². The van der Waals surface area contributed by atoms with E-state index >= 15 is 0 Å². The van der Waals surface area contributed by atoms with Gasteiger partial charge < -0.3 is 4.90 Å². The molecule has 1 saturated heterocycles. The lowest BCUT2D eigenvalue weighted by atomic mass is 10.3. The Kier molecular flexibility index (Phi) is 2.30. The van der Waals surface area contributed by atoms with Gasteiger partial charge in [0.2, 0.25) is 0 Å². The van der Waals surface area contributed by atoms with Gasteiger partial charge in [0.1, 0.15) is 0 Å². The van der Waals surface area contributed by atoms with Gasteiger partial charge in [0.15, 0.2) is 0 Å². The maximum atomic E-state index is 4.23. The van der Waals surface area contributed by atoms with Gasteiger partial charge in [-0.25, -0.2) is 0 Å². The summed E-state index contributed by atoms with van der Waals surface area (Å²) >= 11 is 0. The lowest BCUT2D eigenvalue weighted by Crippen LogP contribution is -2.31. The Hall–Kier alpha value is -0.530. The molecular weight excluding hydrogens is 124 g/mol. The summed E-state index contributed by atoms with van der Waals surface area (Å²) in [4.78, 5) is 6.61. The predicted octanol–water partition coefficient (Wildman–Crippen LogP) is 1.52. The monoisotopic (exact) mass is 140 g/mol. The second kappa shape index (κ2) is 3.04. The van der Waals surface area contributed by atoms with Crippen LogP contribution in [0.25, 0.3) is 0 Å². The first kappa shape index (κ1) is 7.58. The summed E-state index contributed by atoms with van der Waals surface area (Å²) in [5.41, 5.74) is 0. The molecule has 0 saturated carbocycles. The molecule has 1 aliphatic rings. The number of nitrogens with zero attached hydrogens (tertiary/aromatic N) is 2. The third kappa shape index (κ3) is 1.31. The summed E-state index contributed by atoms with van der Waals surface area (Å²) in [6, 6.07) is 0.626. The van der Waals surface area contributed by atoms with Gasteiger partial charge in [-0.2, -0.15) is 0 Å². The van der Waals surface area contributed by atoms with E-state index in [9.17, 15) is 0 Å². The average Bonchev–Trinajstić information content (AvgIpc) is 2.33. The normalized spacial score (nSPS) is 23.2. The highest BCUT2D eigenvalue weighted by molar-refractivity contribution is 5.84. The Morgan fingerprint density at radius 2 is 2.20 bits per heavy atom. The van der Waals surface area contributed by atoms with E-state index in [-0.39, 0.29) is 0 Å². The van der Waals surface area contributed by atoms with Gasteiger partial charge in [0.05, 0.1) is 5.84 Å². The van der Waals surface area contributed by atoms with Crippen molar-refractivity contribution >= 4 is 5.84 Å². The van der Waals surface area contributed by atoms with Crippen molar-refractivity contribution < 1.29 is 0 Å². The van der Waals surface area contributed by atoms with Crippen molar-refractivity contribution in [2.45, 2.75) is 32.7 Å². The lowest BCUT2D eigenvalue weighted by molar-refractivity contribution is 0.377. The van der Waals surface area contributed by atoms with Crippen LogP contribution in [-0.4, -0.2) is 30.4 Å². The molecule has 2 heteroatoms. The molecule has 0 amide bonds. The van der Waals surface area contributed by atoms with Gasteiger partial charge in [-0.05, 0) is 20.3 Å². The van der Waals surface area contributed by atoms with Crippen molar-refractivity contribution in [1.29, 1.82) is 0 Å². The van der Waals surface area contributed by atoms with Crippen LogP contribution in [0.15, 0.2) is 4.99 Å². The molecule has 2 nitrogen and oxygen atoms in total. The zero-order valence-electron chi connectivity index (χ0n) is 7.09. The quantitative estimate of drug-likeness (QED) is 0.539. The van der Waals surface area contributed by atoms with E-state index in [0.717, 1.165) is 0 Å². The number of hydrogen-bond donors (Lipinski definition) is 0. The van der Waals surface area contributed by atoms with Gasteiger partial charge in [0, 0.05) is 26.1 Å². The molecule has 1 fully saturated rings. The topological polar surface area (TPSA) is 15.6 Å².